The van der Waals surface area contributed by atoms with Gasteiger partial charge >= 0.3 is 0 Å². The minimum Gasteiger partial charge on any atom is -0.373 e. The van der Waals surface area contributed by atoms with Crippen molar-refractivity contribution in [1.29, 1.82) is 0 Å². The summed E-state index contributed by atoms with van der Waals surface area (Å²) >= 11 is 0. The largest absolute Gasteiger partial charge is 0.373 e. The van der Waals surface area contributed by atoms with Crippen molar-refractivity contribution < 1.29 is 4.74 Å². The van der Waals surface area contributed by atoms with Crippen LogP contribution in [0.1, 0.15) is 39.5 Å². The Labute approximate surface area is 99.5 Å². The Morgan fingerprint density at radius 3 is 2.81 bits per heavy atom. The van der Waals surface area contributed by atoms with Crippen LogP contribution in [0, 0.1) is 0 Å². The molecular weight excluding hydrogens is 200 g/mol. The molecule has 2 atom stereocenters. The van der Waals surface area contributed by atoms with Crippen molar-refractivity contribution in [3.63, 3.8) is 0 Å². The van der Waals surface area contributed by atoms with Crippen LogP contribution in [0.15, 0.2) is 0 Å². The van der Waals surface area contributed by atoms with Gasteiger partial charge in [-0.05, 0) is 40.2 Å². The summed E-state index contributed by atoms with van der Waals surface area (Å²) in [6.45, 7) is 7.52. The number of hydrogen-bond acceptors (Lipinski definition) is 3. The lowest BCUT2D eigenvalue weighted by Gasteiger charge is -2.44. The zero-order valence-corrected chi connectivity index (χ0v) is 11.0. The van der Waals surface area contributed by atoms with Crippen molar-refractivity contribution >= 4 is 0 Å². The molecule has 2 unspecified atom stereocenters. The average molecular weight is 226 g/mol. The molecule has 1 saturated carbocycles. The van der Waals surface area contributed by atoms with E-state index in [4.69, 9.17) is 4.74 Å². The van der Waals surface area contributed by atoms with E-state index in [2.05, 4.69) is 31.1 Å². The van der Waals surface area contributed by atoms with Gasteiger partial charge < -0.3 is 10.1 Å². The molecular formula is C13H26N2O. The first-order chi connectivity index (χ1) is 7.61. The molecule has 3 nitrogen and oxygen atoms in total. The minimum absolute atomic E-state index is 0.0465. The summed E-state index contributed by atoms with van der Waals surface area (Å²) in [5.74, 6) is 0. The van der Waals surface area contributed by atoms with E-state index in [9.17, 15) is 0 Å². The second-order valence-electron chi connectivity index (χ2n) is 5.88. The molecule has 2 fully saturated rings. The summed E-state index contributed by atoms with van der Waals surface area (Å²) in [7, 11) is 2.09. The van der Waals surface area contributed by atoms with Gasteiger partial charge in [0.2, 0.25) is 0 Å². The van der Waals surface area contributed by atoms with E-state index >= 15 is 0 Å². The lowest BCUT2D eigenvalue weighted by Crippen LogP contribution is -2.54. The fourth-order valence-electron chi connectivity index (χ4n) is 3.12. The molecule has 0 amide bonds. The van der Waals surface area contributed by atoms with Gasteiger partial charge in [-0.15, -0.1) is 0 Å². The van der Waals surface area contributed by atoms with Crippen molar-refractivity contribution in [3.05, 3.63) is 0 Å². The number of hydrogen-bond donors (Lipinski definition) is 1. The maximum atomic E-state index is 5.78. The number of nitrogens with zero attached hydrogens (tertiary/aromatic N) is 1. The average Bonchev–Trinajstić information content (AvgIpc) is 2.28. The summed E-state index contributed by atoms with van der Waals surface area (Å²) in [6.07, 6.45) is 5.40. The van der Waals surface area contributed by atoms with Crippen molar-refractivity contribution in [3.8, 4) is 0 Å². The molecule has 2 aliphatic rings. The zero-order chi connectivity index (χ0) is 11.6. The van der Waals surface area contributed by atoms with E-state index in [1.54, 1.807) is 0 Å². The van der Waals surface area contributed by atoms with Gasteiger partial charge in [-0.2, -0.15) is 0 Å². The fraction of sp³-hybridized carbons (Fsp3) is 1.00. The molecule has 1 aliphatic heterocycles. The van der Waals surface area contributed by atoms with Crippen molar-refractivity contribution in [2.24, 2.45) is 0 Å². The molecule has 16 heavy (non-hydrogen) atoms. The first kappa shape index (κ1) is 12.3. The minimum atomic E-state index is 0.0465. The van der Waals surface area contributed by atoms with E-state index in [1.165, 1.54) is 25.7 Å². The van der Waals surface area contributed by atoms with Crippen molar-refractivity contribution in [2.75, 3.05) is 26.7 Å². The molecule has 94 valence electrons. The van der Waals surface area contributed by atoms with Gasteiger partial charge in [-0.1, -0.05) is 6.42 Å². The SMILES string of the molecule is CNC1CCCC(N2CCOC(C)(C)C2)C1. The van der Waals surface area contributed by atoms with Crippen LogP contribution in [0.25, 0.3) is 0 Å². The highest BCUT2D eigenvalue weighted by molar-refractivity contribution is 4.88. The third-order valence-corrected chi connectivity index (χ3v) is 4.03. The van der Waals surface area contributed by atoms with Crippen LogP contribution < -0.4 is 5.32 Å². The molecule has 0 radical (unpaired) electrons. The molecule has 1 saturated heterocycles. The van der Waals surface area contributed by atoms with E-state index < -0.39 is 0 Å². The third kappa shape index (κ3) is 2.96. The van der Waals surface area contributed by atoms with Gasteiger partial charge in [0.15, 0.2) is 0 Å². The molecule has 1 heterocycles. The van der Waals surface area contributed by atoms with Crippen molar-refractivity contribution in [2.45, 2.75) is 57.2 Å². The molecule has 1 aliphatic carbocycles. The normalized spacial score (nSPS) is 36.2. The maximum absolute atomic E-state index is 5.78. The van der Waals surface area contributed by atoms with E-state index in [0.29, 0.717) is 0 Å². The Hall–Kier alpha value is -0.120. The third-order valence-electron chi connectivity index (χ3n) is 4.03. The molecule has 0 aromatic heterocycles. The predicted molar refractivity (Wildman–Crippen MR) is 66.7 cm³/mol. The molecule has 0 bridgehead atoms. The molecule has 1 N–H and O–H groups in total. The molecule has 0 spiro atoms. The standard InChI is InChI=1S/C13H26N2O/c1-13(2)10-15(7-8-16-13)12-6-4-5-11(9-12)14-3/h11-12,14H,4-10H2,1-3H3. The molecule has 0 aromatic rings. The Morgan fingerprint density at radius 1 is 1.31 bits per heavy atom. The molecule has 2 rings (SSSR count). The lowest BCUT2D eigenvalue weighted by molar-refractivity contribution is -0.101. The Kier molecular flexibility index (Phi) is 3.88. The molecule has 3 heteroatoms. The van der Waals surface area contributed by atoms with Crippen LogP contribution in [-0.2, 0) is 4.74 Å². The number of ether oxygens (including phenoxy) is 1. The van der Waals surface area contributed by atoms with E-state index in [1.807, 2.05) is 0 Å². The van der Waals surface area contributed by atoms with Crippen LogP contribution in [0.4, 0.5) is 0 Å². The van der Waals surface area contributed by atoms with E-state index in [0.717, 1.165) is 31.8 Å². The summed E-state index contributed by atoms with van der Waals surface area (Å²) in [6, 6.07) is 1.50. The summed E-state index contributed by atoms with van der Waals surface area (Å²) in [4.78, 5) is 2.65. The zero-order valence-electron chi connectivity index (χ0n) is 11.0. The maximum Gasteiger partial charge on any atom is 0.0753 e. The van der Waals surface area contributed by atoms with Crippen LogP contribution in [0.3, 0.4) is 0 Å². The summed E-state index contributed by atoms with van der Waals surface area (Å²) in [5, 5.41) is 3.44. The summed E-state index contributed by atoms with van der Waals surface area (Å²) in [5.41, 5.74) is 0.0465. The van der Waals surface area contributed by atoms with Gasteiger partial charge in [0.25, 0.3) is 0 Å². The number of morpholine rings is 1. The Balaban J connectivity index is 1.91. The highest BCUT2D eigenvalue weighted by Crippen LogP contribution is 2.27. The topological polar surface area (TPSA) is 24.5 Å². The monoisotopic (exact) mass is 226 g/mol. The van der Waals surface area contributed by atoms with Gasteiger partial charge in [-0.3, -0.25) is 4.90 Å². The summed E-state index contributed by atoms with van der Waals surface area (Å²) < 4.78 is 5.78. The van der Waals surface area contributed by atoms with E-state index in [-0.39, 0.29) is 5.60 Å². The van der Waals surface area contributed by atoms with Gasteiger partial charge in [0.05, 0.1) is 12.2 Å². The second kappa shape index (κ2) is 5.03. The quantitative estimate of drug-likeness (QED) is 0.774. The second-order valence-corrected chi connectivity index (χ2v) is 5.88. The lowest BCUT2D eigenvalue weighted by atomic mass is 9.89. The van der Waals surface area contributed by atoms with Crippen LogP contribution in [0.2, 0.25) is 0 Å². The first-order valence-corrected chi connectivity index (χ1v) is 6.66. The predicted octanol–water partition coefficient (Wildman–Crippen LogP) is 1.63. The first-order valence-electron chi connectivity index (χ1n) is 6.66. The van der Waals surface area contributed by atoms with Gasteiger partial charge in [0, 0.05) is 25.2 Å². The smallest absolute Gasteiger partial charge is 0.0753 e. The van der Waals surface area contributed by atoms with Crippen molar-refractivity contribution in [1.82, 2.24) is 10.2 Å². The number of rotatable bonds is 2. The van der Waals surface area contributed by atoms with Crippen LogP contribution in [0.5, 0.6) is 0 Å². The van der Waals surface area contributed by atoms with Gasteiger partial charge in [-0.25, -0.2) is 0 Å². The fourth-order valence-corrected chi connectivity index (χ4v) is 3.12. The highest BCUT2D eigenvalue weighted by atomic mass is 16.5. The molecule has 0 aromatic carbocycles. The Morgan fingerprint density at radius 2 is 2.12 bits per heavy atom. The number of nitrogens with one attached hydrogen (secondary N) is 1. The van der Waals surface area contributed by atoms with Crippen LogP contribution in [-0.4, -0.2) is 49.3 Å². The van der Waals surface area contributed by atoms with Gasteiger partial charge in [0.1, 0.15) is 0 Å². The highest BCUT2D eigenvalue weighted by Gasteiger charge is 2.33. The van der Waals surface area contributed by atoms with Crippen LogP contribution >= 0.6 is 0 Å². The Bertz CT molecular complexity index is 230.